The van der Waals surface area contributed by atoms with Crippen LogP contribution in [-0.2, 0) is 33.4 Å². The maximum Gasteiger partial charge on any atom is 0.328 e. The Morgan fingerprint density at radius 1 is 1.08 bits per heavy atom. The standard InChI is InChI=1S/C16H27N3O7/c1-4-6-10(17)14(22)15(23)18-9-12(20)19-11(16(24)25-3)7-8-13(21)26-5-2/h10-11H,4-9,17H2,1-3H3,(H,18,23)(H,19,20). The van der Waals surface area contributed by atoms with Crippen LogP contribution in [0.2, 0.25) is 0 Å². The van der Waals surface area contributed by atoms with Crippen molar-refractivity contribution in [3.05, 3.63) is 0 Å². The van der Waals surface area contributed by atoms with Gasteiger partial charge >= 0.3 is 11.9 Å². The highest BCUT2D eigenvalue weighted by atomic mass is 16.5. The van der Waals surface area contributed by atoms with Crippen LogP contribution >= 0.6 is 0 Å². The smallest absolute Gasteiger partial charge is 0.328 e. The van der Waals surface area contributed by atoms with Crippen LogP contribution < -0.4 is 16.4 Å². The normalized spacial score (nSPS) is 12.5. The summed E-state index contributed by atoms with van der Waals surface area (Å²) in [5.74, 6) is -3.75. The van der Waals surface area contributed by atoms with Crippen LogP contribution in [0.3, 0.4) is 0 Å². The van der Waals surface area contributed by atoms with Crippen molar-refractivity contribution in [1.82, 2.24) is 10.6 Å². The Morgan fingerprint density at radius 3 is 2.27 bits per heavy atom. The highest BCUT2D eigenvalue weighted by Crippen LogP contribution is 2.02. The lowest BCUT2D eigenvalue weighted by Gasteiger charge is -2.16. The number of esters is 2. The molecule has 10 nitrogen and oxygen atoms in total. The van der Waals surface area contributed by atoms with E-state index in [0.29, 0.717) is 12.8 Å². The summed E-state index contributed by atoms with van der Waals surface area (Å²) in [7, 11) is 1.14. The monoisotopic (exact) mass is 373 g/mol. The first-order valence-electron chi connectivity index (χ1n) is 8.37. The molecular weight excluding hydrogens is 346 g/mol. The Morgan fingerprint density at radius 2 is 1.73 bits per heavy atom. The molecular formula is C16H27N3O7. The summed E-state index contributed by atoms with van der Waals surface area (Å²) in [6, 6.07) is -2.00. The Hall–Kier alpha value is -2.49. The number of carbonyl (C=O) groups excluding carboxylic acids is 5. The summed E-state index contributed by atoms with van der Waals surface area (Å²) < 4.78 is 9.31. The first-order chi connectivity index (χ1) is 12.3. The number of carbonyl (C=O) groups is 5. The van der Waals surface area contributed by atoms with Crippen molar-refractivity contribution in [1.29, 1.82) is 0 Å². The molecule has 148 valence electrons. The van der Waals surface area contributed by atoms with E-state index in [4.69, 9.17) is 10.5 Å². The predicted molar refractivity (Wildman–Crippen MR) is 90.7 cm³/mol. The van der Waals surface area contributed by atoms with E-state index in [0.717, 1.165) is 7.11 Å². The first-order valence-corrected chi connectivity index (χ1v) is 8.37. The third-order valence-electron chi connectivity index (χ3n) is 3.33. The zero-order valence-corrected chi connectivity index (χ0v) is 15.3. The van der Waals surface area contributed by atoms with E-state index in [-0.39, 0.29) is 19.4 Å². The van der Waals surface area contributed by atoms with Gasteiger partial charge in [0.1, 0.15) is 6.04 Å². The second-order valence-electron chi connectivity index (χ2n) is 5.43. The van der Waals surface area contributed by atoms with Gasteiger partial charge < -0.3 is 25.8 Å². The van der Waals surface area contributed by atoms with E-state index in [9.17, 15) is 24.0 Å². The van der Waals surface area contributed by atoms with Gasteiger partial charge in [0.15, 0.2) is 0 Å². The molecule has 0 spiro atoms. The summed E-state index contributed by atoms with van der Waals surface area (Å²) in [4.78, 5) is 58.2. The van der Waals surface area contributed by atoms with E-state index in [2.05, 4.69) is 15.4 Å². The largest absolute Gasteiger partial charge is 0.467 e. The molecule has 0 aliphatic rings. The van der Waals surface area contributed by atoms with Crippen LogP contribution in [0, 0.1) is 0 Å². The van der Waals surface area contributed by atoms with Gasteiger partial charge in [-0.3, -0.25) is 19.2 Å². The molecule has 26 heavy (non-hydrogen) atoms. The van der Waals surface area contributed by atoms with Crippen molar-refractivity contribution in [2.45, 2.75) is 51.6 Å². The summed E-state index contributed by atoms with van der Waals surface area (Å²) >= 11 is 0. The highest BCUT2D eigenvalue weighted by molar-refractivity contribution is 6.38. The van der Waals surface area contributed by atoms with Crippen molar-refractivity contribution in [3.63, 3.8) is 0 Å². The van der Waals surface area contributed by atoms with E-state index in [1.165, 1.54) is 0 Å². The average molecular weight is 373 g/mol. The topological polar surface area (TPSA) is 154 Å². The Balaban J connectivity index is 4.52. The molecule has 0 radical (unpaired) electrons. The Kier molecular flexibility index (Phi) is 11.6. The molecule has 2 atom stereocenters. The molecule has 2 unspecified atom stereocenters. The number of ketones is 1. The lowest BCUT2D eigenvalue weighted by Crippen LogP contribution is -2.49. The highest BCUT2D eigenvalue weighted by Gasteiger charge is 2.25. The second kappa shape index (κ2) is 12.8. The molecule has 0 saturated carbocycles. The van der Waals surface area contributed by atoms with Gasteiger partial charge in [-0.05, 0) is 19.8 Å². The Bertz CT molecular complexity index is 522. The number of rotatable bonds is 12. The van der Waals surface area contributed by atoms with Gasteiger partial charge in [-0.15, -0.1) is 0 Å². The quantitative estimate of drug-likeness (QED) is 0.285. The third kappa shape index (κ3) is 9.11. The molecule has 0 aliphatic heterocycles. The second-order valence-corrected chi connectivity index (χ2v) is 5.43. The minimum Gasteiger partial charge on any atom is -0.467 e. The van der Waals surface area contributed by atoms with Crippen molar-refractivity contribution in [2.75, 3.05) is 20.3 Å². The van der Waals surface area contributed by atoms with Crippen LogP contribution in [0.1, 0.15) is 39.5 Å². The number of hydrogen-bond acceptors (Lipinski definition) is 8. The molecule has 0 bridgehead atoms. The number of ether oxygens (including phenoxy) is 2. The Labute approximate surface area is 152 Å². The summed E-state index contributed by atoms with van der Waals surface area (Å²) in [5.41, 5.74) is 5.55. The minimum absolute atomic E-state index is 0.0223. The summed E-state index contributed by atoms with van der Waals surface area (Å²) in [6.07, 6.45) is 0.884. The number of nitrogens with two attached hydrogens (primary N) is 1. The van der Waals surface area contributed by atoms with Gasteiger partial charge in [-0.1, -0.05) is 13.3 Å². The van der Waals surface area contributed by atoms with Gasteiger partial charge in [-0.25, -0.2) is 4.79 Å². The van der Waals surface area contributed by atoms with Gasteiger partial charge in [0, 0.05) is 6.42 Å². The van der Waals surface area contributed by atoms with Crippen LogP contribution in [-0.4, -0.2) is 61.9 Å². The maximum atomic E-state index is 11.9. The lowest BCUT2D eigenvalue weighted by atomic mass is 10.1. The van der Waals surface area contributed by atoms with Gasteiger partial charge in [0.25, 0.3) is 5.91 Å². The van der Waals surface area contributed by atoms with Crippen LogP contribution in [0.5, 0.6) is 0 Å². The van der Waals surface area contributed by atoms with Crippen LogP contribution in [0.15, 0.2) is 0 Å². The fourth-order valence-corrected chi connectivity index (χ4v) is 1.99. The van der Waals surface area contributed by atoms with Gasteiger partial charge in [0.05, 0.1) is 26.3 Å². The molecule has 4 N–H and O–H groups in total. The van der Waals surface area contributed by atoms with E-state index in [1.807, 2.05) is 6.92 Å². The molecule has 0 aromatic carbocycles. The molecule has 0 aliphatic carbocycles. The van der Waals surface area contributed by atoms with Crippen molar-refractivity contribution < 1.29 is 33.4 Å². The van der Waals surface area contributed by atoms with Gasteiger partial charge in [-0.2, -0.15) is 0 Å². The molecule has 2 amide bonds. The third-order valence-corrected chi connectivity index (χ3v) is 3.33. The van der Waals surface area contributed by atoms with E-state index in [1.54, 1.807) is 6.92 Å². The number of hydrogen-bond donors (Lipinski definition) is 3. The SMILES string of the molecule is CCCC(N)C(=O)C(=O)NCC(=O)NC(CCC(=O)OCC)C(=O)OC. The average Bonchev–Trinajstić information content (AvgIpc) is 2.62. The van der Waals surface area contributed by atoms with Crippen LogP contribution in [0.25, 0.3) is 0 Å². The van der Waals surface area contributed by atoms with Gasteiger partial charge in [0.2, 0.25) is 11.7 Å². The predicted octanol–water partition coefficient (Wildman–Crippen LogP) is -1.20. The fraction of sp³-hybridized carbons (Fsp3) is 0.688. The lowest BCUT2D eigenvalue weighted by molar-refractivity contribution is -0.147. The molecule has 0 aromatic heterocycles. The molecule has 10 heteroatoms. The summed E-state index contributed by atoms with van der Waals surface area (Å²) in [6.45, 7) is 3.15. The summed E-state index contributed by atoms with van der Waals surface area (Å²) in [5, 5.41) is 4.48. The van der Waals surface area contributed by atoms with E-state index >= 15 is 0 Å². The molecule has 0 fully saturated rings. The molecule has 0 saturated heterocycles. The fourth-order valence-electron chi connectivity index (χ4n) is 1.99. The van der Waals surface area contributed by atoms with E-state index < -0.39 is 48.2 Å². The van der Waals surface area contributed by atoms with Crippen molar-refractivity contribution >= 4 is 29.5 Å². The molecule has 0 rings (SSSR count). The molecule has 0 heterocycles. The van der Waals surface area contributed by atoms with Crippen molar-refractivity contribution in [2.24, 2.45) is 5.73 Å². The molecule has 0 aromatic rings. The minimum atomic E-state index is -1.08. The number of methoxy groups -OCH3 is 1. The number of Topliss-reactive ketones (excluding diaryl/α,β-unsaturated/α-hetero) is 1. The number of amides is 2. The zero-order chi connectivity index (χ0) is 20.1. The maximum absolute atomic E-state index is 11.9. The zero-order valence-electron chi connectivity index (χ0n) is 15.3. The number of nitrogens with one attached hydrogen (secondary N) is 2. The first kappa shape index (κ1) is 23.5. The van der Waals surface area contributed by atoms with Crippen LogP contribution in [0.4, 0.5) is 0 Å². The van der Waals surface area contributed by atoms with Crippen molar-refractivity contribution in [3.8, 4) is 0 Å².